The SMILES string of the molecule is COC(=O)c1ccccc1N/C=C(/C#N)C(=O)N1CCN(C(c2ccccc2)c2ccccc2)CC1. The smallest absolute Gasteiger partial charge is 0.339 e. The van der Waals surface area contributed by atoms with Gasteiger partial charge in [-0.2, -0.15) is 5.26 Å². The van der Waals surface area contributed by atoms with E-state index in [1.54, 1.807) is 29.2 Å². The molecule has 1 heterocycles. The first-order valence-electron chi connectivity index (χ1n) is 11.8. The van der Waals surface area contributed by atoms with Crippen molar-refractivity contribution in [1.82, 2.24) is 9.80 Å². The van der Waals surface area contributed by atoms with E-state index in [1.165, 1.54) is 24.4 Å². The number of hydrogen-bond donors (Lipinski definition) is 1. The Morgan fingerprint density at radius 2 is 1.44 bits per heavy atom. The number of anilines is 1. The summed E-state index contributed by atoms with van der Waals surface area (Å²) in [7, 11) is 1.30. The molecule has 1 aliphatic heterocycles. The molecule has 0 atom stereocenters. The fourth-order valence-corrected chi connectivity index (χ4v) is 4.43. The van der Waals surface area contributed by atoms with E-state index < -0.39 is 5.97 Å². The first kappa shape index (κ1) is 24.7. The van der Waals surface area contributed by atoms with Gasteiger partial charge in [-0.15, -0.1) is 0 Å². The predicted molar refractivity (Wildman–Crippen MR) is 138 cm³/mol. The monoisotopic (exact) mass is 480 g/mol. The number of piperazine rings is 1. The molecule has 0 radical (unpaired) electrons. The molecule has 0 aliphatic carbocycles. The average molecular weight is 481 g/mol. The first-order valence-corrected chi connectivity index (χ1v) is 11.8. The summed E-state index contributed by atoms with van der Waals surface area (Å²) in [6, 6.07) is 29.6. The van der Waals surface area contributed by atoms with E-state index in [2.05, 4.69) is 34.5 Å². The number of benzene rings is 3. The van der Waals surface area contributed by atoms with E-state index in [-0.39, 0.29) is 17.5 Å². The Morgan fingerprint density at radius 3 is 2.00 bits per heavy atom. The zero-order valence-corrected chi connectivity index (χ0v) is 20.1. The summed E-state index contributed by atoms with van der Waals surface area (Å²) in [6.45, 7) is 2.37. The van der Waals surface area contributed by atoms with Crippen molar-refractivity contribution in [3.63, 3.8) is 0 Å². The highest BCUT2D eigenvalue weighted by Crippen LogP contribution is 2.29. The van der Waals surface area contributed by atoms with Crippen molar-refractivity contribution in [2.45, 2.75) is 6.04 Å². The number of esters is 1. The molecule has 1 fully saturated rings. The van der Waals surface area contributed by atoms with Gasteiger partial charge < -0.3 is 15.0 Å². The van der Waals surface area contributed by atoms with Gasteiger partial charge in [-0.1, -0.05) is 72.8 Å². The van der Waals surface area contributed by atoms with Crippen LogP contribution in [0, 0.1) is 11.3 Å². The molecule has 3 aromatic carbocycles. The number of nitrogens with one attached hydrogen (secondary N) is 1. The summed E-state index contributed by atoms with van der Waals surface area (Å²) in [5.41, 5.74) is 3.17. The van der Waals surface area contributed by atoms with Crippen LogP contribution in [-0.2, 0) is 9.53 Å². The van der Waals surface area contributed by atoms with Crippen LogP contribution in [0.1, 0.15) is 27.5 Å². The zero-order chi connectivity index (χ0) is 25.3. The summed E-state index contributed by atoms with van der Waals surface area (Å²) in [4.78, 5) is 29.2. The summed E-state index contributed by atoms with van der Waals surface area (Å²) in [6.07, 6.45) is 1.35. The van der Waals surface area contributed by atoms with Gasteiger partial charge in [0.15, 0.2) is 0 Å². The number of nitriles is 1. The number of hydrogen-bond acceptors (Lipinski definition) is 6. The molecule has 3 aromatic rings. The maximum atomic E-state index is 13.1. The van der Waals surface area contributed by atoms with Crippen molar-refractivity contribution in [3.8, 4) is 6.07 Å². The lowest BCUT2D eigenvalue weighted by Gasteiger charge is -2.39. The van der Waals surface area contributed by atoms with Crippen LogP contribution in [0.5, 0.6) is 0 Å². The Labute approximate surface area is 211 Å². The molecule has 0 saturated carbocycles. The molecule has 0 aromatic heterocycles. The molecule has 36 heavy (non-hydrogen) atoms. The minimum absolute atomic E-state index is 0.0224. The summed E-state index contributed by atoms with van der Waals surface area (Å²) in [5.74, 6) is -0.838. The maximum Gasteiger partial charge on any atom is 0.339 e. The van der Waals surface area contributed by atoms with Gasteiger partial charge in [0.25, 0.3) is 5.91 Å². The van der Waals surface area contributed by atoms with Crippen LogP contribution in [0.4, 0.5) is 5.69 Å². The highest BCUT2D eigenvalue weighted by Gasteiger charge is 2.29. The van der Waals surface area contributed by atoms with Gasteiger partial charge in [-0.05, 0) is 23.3 Å². The van der Waals surface area contributed by atoms with E-state index >= 15 is 0 Å². The van der Waals surface area contributed by atoms with Gasteiger partial charge in [0.05, 0.1) is 24.4 Å². The van der Waals surface area contributed by atoms with Gasteiger partial charge in [0.2, 0.25) is 0 Å². The minimum Gasteiger partial charge on any atom is -0.465 e. The fourth-order valence-electron chi connectivity index (χ4n) is 4.43. The largest absolute Gasteiger partial charge is 0.465 e. The van der Waals surface area contributed by atoms with Crippen molar-refractivity contribution >= 4 is 17.6 Å². The lowest BCUT2D eigenvalue weighted by molar-refractivity contribution is -0.128. The topological polar surface area (TPSA) is 85.7 Å². The second-order valence-corrected chi connectivity index (χ2v) is 8.40. The normalized spacial score (nSPS) is 14.2. The molecule has 4 rings (SSSR count). The van der Waals surface area contributed by atoms with E-state index in [4.69, 9.17) is 4.74 Å². The Morgan fingerprint density at radius 1 is 0.889 bits per heavy atom. The van der Waals surface area contributed by atoms with Crippen molar-refractivity contribution in [3.05, 3.63) is 113 Å². The summed E-state index contributed by atoms with van der Waals surface area (Å²) in [5, 5.41) is 12.6. The highest BCUT2D eigenvalue weighted by molar-refractivity contribution is 5.99. The average Bonchev–Trinajstić information content (AvgIpc) is 2.95. The van der Waals surface area contributed by atoms with Crippen LogP contribution < -0.4 is 5.32 Å². The molecule has 7 heteroatoms. The zero-order valence-electron chi connectivity index (χ0n) is 20.1. The number of para-hydroxylation sites is 1. The second-order valence-electron chi connectivity index (χ2n) is 8.40. The summed E-state index contributed by atoms with van der Waals surface area (Å²) >= 11 is 0. The molecule has 0 unspecified atom stereocenters. The third kappa shape index (κ3) is 5.62. The number of ether oxygens (including phenoxy) is 1. The van der Waals surface area contributed by atoms with Gasteiger partial charge in [0.1, 0.15) is 11.6 Å². The fraction of sp³-hybridized carbons (Fsp3) is 0.207. The summed E-state index contributed by atoms with van der Waals surface area (Å²) < 4.78 is 4.80. The van der Waals surface area contributed by atoms with Crippen LogP contribution in [-0.4, -0.2) is 55.0 Å². The molecule has 1 saturated heterocycles. The van der Waals surface area contributed by atoms with Crippen molar-refractivity contribution in [1.29, 1.82) is 5.26 Å². The lowest BCUT2D eigenvalue weighted by Crippen LogP contribution is -2.50. The van der Waals surface area contributed by atoms with Crippen molar-refractivity contribution in [2.24, 2.45) is 0 Å². The van der Waals surface area contributed by atoms with Crippen LogP contribution in [0.15, 0.2) is 96.7 Å². The van der Waals surface area contributed by atoms with Gasteiger partial charge in [0, 0.05) is 32.4 Å². The Bertz CT molecular complexity index is 1220. The first-order chi connectivity index (χ1) is 17.6. The minimum atomic E-state index is -0.501. The van der Waals surface area contributed by atoms with E-state index in [0.717, 1.165) is 0 Å². The van der Waals surface area contributed by atoms with Crippen LogP contribution in [0.3, 0.4) is 0 Å². The van der Waals surface area contributed by atoms with Gasteiger partial charge in [-0.3, -0.25) is 9.69 Å². The quantitative estimate of drug-likeness (QED) is 0.310. The Kier molecular flexibility index (Phi) is 8.12. The van der Waals surface area contributed by atoms with Gasteiger partial charge >= 0.3 is 5.97 Å². The number of amides is 1. The molecular formula is C29H28N4O3. The third-order valence-corrected chi connectivity index (χ3v) is 6.25. The van der Waals surface area contributed by atoms with Crippen LogP contribution in [0.2, 0.25) is 0 Å². The van der Waals surface area contributed by atoms with E-state index in [1.807, 2.05) is 42.5 Å². The number of nitrogens with zero attached hydrogens (tertiary/aromatic N) is 3. The molecule has 0 spiro atoms. The van der Waals surface area contributed by atoms with Gasteiger partial charge in [-0.25, -0.2) is 4.79 Å². The molecule has 1 aliphatic rings. The molecule has 1 amide bonds. The second kappa shape index (κ2) is 11.8. The molecule has 7 nitrogen and oxygen atoms in total. The van der Waals surface area contributed by atoms with E-state index in [9.17, 15) is 14.9 Å². The number of methoxy groups -OCH3 is 1. The molecular weight excluding hydrogens is 452 g/mol. The third-order valence-electron chi connectivity index (χ3n) is 6.25. The van der Waals surface area contributed by atoms with Crippen molar-refractivity contribution < 1.29 is 14.3 Å². The molecule has 182 valence electrons. The Hall–Kier alpha value is -4.41. The van der Waals surface area contributed by atoms with Crippen molar-refractivity contribution in [2.75, 3.05) is 38.6 Å². The highest BCUT2D eigenvalue weighted by atomic mass is 16.5. The Balaban J connectivity index is 1.46. The lowest BCUT2D eigenvalue weighted by atomic mass is 9.96. The van der Waals surface area contributed by atoms with Crippen LogP contribution >= 0.6 is 0 Å². The molecule has 0 bridgehead atoms. The number of rotatable bonds is 7. The standard InChI is InChI=1S/C29H28N4O3/c1-36-29(35)25-14-8-9-15-26(25)31-21-24(20-30)28(34)33-18-16-32(17-19-33)27(22-10-4-2-5-11-22)23-12-6-3-7-13-23/h2-15,21,27,31H,16-19H2,1H3/b24-21-. The predicted octanol–water partition coefficient (Wildman–Crippen LogP) is 4.23. The maximum absolute atomic E-state index is 13.1. The number of carbonyl (C=O) groups excluding carboxylic acids is 2. The van der Waals surface area contributed by atoms with Crippen LogP contribution in [0.25, 0.3) is 0 Å². The molecule has 1 N–H and O–H groups in total. The van der Waals surface area contributed by atoms with E-state index in [0.29, 0.717) is 37.4 Å². The number of carbonyl (C=O) groups is 2.